The predicted molar refractivity (Wildman–Crippen MR) is 76.5 cm³/mol. The van der Waals surface area contributed by atoms with E-state index in [1.54, 1.807) is 0 Å². The third-order valence-electron chi connectivity index (χ3n) is 3.37. The lowest BCUT2D eigenvalue weighted by Gasteiger charge is -2.17. The van der Waals surface area contributed by atoms with E-state index in [0.29, 0.717) is 5.92 Å². The molecule has 0 aliphatic carbocycles. The molecule has 0 bridgehead atoms. The molecule has 0 heterocycles. The summed E-state index contributed by atoms with van der Waals surface area (Å²) in [5.74, 6) is 0.400. The van der Waals surface area contributed by atoms with Gasteiger partial charge in [-0.15, -0.1) is 0 Å². The van der Waals surface area contributed by atoms with Gasteiger partial charge >= 0.3 is 6.16 Å². The van der Waals surface area contributed by atoms with E-state index in [-0.39, 0.29) is 6.61 Å². The van der Waals surface area contributed by atoms with Crippen LogP contribution in [-0.2, 0) is 4.74 Å². The van der Waals surface area contributed by atoms with Crippen molar-refractivity contribution < 1.29 is 14.6 Å². The zero-order valence-corrected chi connectivity index (χ0v) is 11.7. The average Bonchev–Trinajstić information content (AvgIpc) is 2.42. The van der Waals surface area contributed by atoms with Crippen LogP contribution in [0.1, 0.15) is 56.9 Å². The number of carbonyl (C=O) groups is 1. The second kappa shape index (κ2) is 9.42. The molecule has 0 aromatic heterocycles. The Bertz CT molecular complexity index is 348. The van der Waals surface area contributed by atoms with Gasteiger partial charge in [-0.3, -0.25) is 0 Å². The van der Waals surface area contributed by atoms with Gasteiger partial charge in [0.1, 0.15) is 0 Å². The lowest BCUT2D eigenvalue weighted by atomic mass is 9.90. The highest BCUT2D eigenvalue weighted by Gasteiger charge is 2.12. The van der Waals surface area contributed by atoms with Crippen LogP contribution in [0.2, 0.25) is 0 Å². The molecule has 0 saturated carbocycles. The summed E-state index contributed by atoms with van der Waals surface area (Å²) in [6, 6.07) is 10.3. The van der Waals surface area contributed by atoms with Gasteiger partial charge in [-0.05, 0) is 24.3 Å². The van der Waals surface area contributed by atoms with E-state index < -0.39 is 6.16 Å². The largest absolute Gasteiger partial charge is 0.505 e. The molecule has 1 unspecified atom stereocenters. The van der Waals surface area contributed by atoms with Crippen LogP contribution in [0.25, 0.3) is 0 Å². The van der Waals surface area contributed by atoms with Gasteiger partial charge < -0.3 is 9.84 Å². The minimum Gasteiger partial charge on any atom is -0.450 e. The number of hydrogen-bond acceptors (Lipinski definition) is 2. The number of unbranched alkanes of at least 4 members (excludes halogenated alkanes) is 3. The smallest absolute Gasteiger partial charge is 0.450 e. The fourth-order valence-corrected chi connectivity index (χ4v) is 2.31. The molecule has 0 aliphatic heterocycles. The van der Waals surface area contributed by atoms with Crippen LogP contribution >= 0.6 is 0 Å². The molecule has 0 saturated heterocycles. The Morgan fingerprint density at radius 2 is 1.89 bits per heavy atom. The first-order valence-electron chi connectivity index (χ1n) is 7.14. The first-order valence-corrected chi connectivity index (χ1v) is 7.14. The molecule has 0 radical (unpaired) electrons. The standard InChI is InChI=1S/C16H24O3/c1-2-3-4-6-11-15(12-13-19-16(17)18)14-9-7-5-8-10-14/h5,7-10,15H,2-4,6,11-13H2,1H3,(H,17,18). The van der Waals surface area contributed by atoms with Crippen molar-refractivity contribution in [1.29, 1.82) is 0 Å². The zero-order valence-electron chi connectivity index (χ0n) is 11.7. The summed E-state index contributed by atoms with van der Waals surface area (Å²) >= 11 is 0. The maximum absolute atomic E-state index is 10.4. The Hall–Kier alpha value is -1.51. The van der Waals surface area contributed by atoms with Crippen molar-refractivity contribution in [1.82, 2.24) is 0 Å². The minimum atomic E-state index is -1.18. The van der Waals surface area contributed by atoms with E-state index in [1.807, 2.05) is 18.2 Å². The van der Waals surface area contributed by atoms with Crippen molar-refractivity contribution in [3.63, 3.8) is 0 Å². The van der Waals surface area contributed by atoms with Crippen molar-refractivity contribution in [2.75, 3.05) is 6.61 Å². The molecule has 0 amide bonds. The number of hydrogen-bond donors (Lipinski definition) is 1. The van der Waals surface area contributed by atoms with Gasteiger partial charge in [-0.2, -0.15) is 0 Å². The molecule has 0 fully saturated rings. The molecule has 1 aromatic carbocycles. The Morgan fingerprint density at radius 3 is 2.53 bits per heavy atom. The van der Waals surface area contributed by atoms with Gasteiger partial charge in [0.2, 0.25) is 0 Å². The molecule has 0 spiro atoms. The zero-order chi connectivity index (χ0) is 13.9. The van der Waals surface area contributed by atoms with Crippen LogP contribution in [-0.4, -0.2) is 17.9 Å². The van der Waals surface area contributed by atoms with E-state index in [2.05, 4.69) is 23.8 Å². The molecule has 1 aromatic rings. The van der Waals surface area contributed by atoms with Gasteiger partial charge in [0.05, 0.1) is 6.61 Å². The quantitative estimate of drug-likeness (QED) is 0.513. The summed E-state index contributed by atoms with van der Waals surface area (Å²) in [5.41, 5.74) is 1.29. The molecule has 1 rings (SSSR count). The monoisotopic (exact) mass is 264 g/mol. The second-order valence-electron chi connectivity index (χ2n) is 4.86. The van der Waals surface area contributed by atoms with Crippen LogP contribution in [0.3, 0.4) is 0 Å². The Kier molecular flexibility index (Phi) is 7.71. The molecule has 0 aliphatic rings. The van der Waals surface area contributed by atoms with Crippen molar-refractivity contribution in [3.8, 4) is 0 Å². The molecule has 1 N–H and O–H groups in total. The lowest BCUT2D eigenvalue weighted by molar-refractivity contribution is 0.0885. The van der Waals surface area contributed by atoms with E-state index in [1.165, 1.54) is 31.2 Å². The van der Waals surface area contributed by atoms with Crippen molar-refractivity contribution in [2.45, 2.75) is 51.4 Å². The van der Waals surface area contributed by atoms with E-state index in [4.69, 9.17) is 5.11 Å². The average molecular weight is 264 g/mol. The molecule has 3 heteroatoms. The summed E-state index contributed by atoms with van der Waals surface area (Å²) in [7, 11) is 0. The molecule has 3 nitrogen and oxygen atoms in total. The van der Waals surface area contributed by atoms with E-state index in [9.17, 15) is 4.79 Å². The molecule has 106 valence electrons. The van der Waals surface area contributed by atoms with E-state index >= 15 is 0 Å². The first kappa shape index (κ1) is 15.5. The highest BCUT2D eigenvalue weighted by molar-refractivity contribution is 5.56. The third kappa shape index (κ3) is 6.85. The van der Waals surface area contributed by atoms with Crippen LogP contribution in [0.4, 0.5) is 4.79 Å². The second-order valence-corrected chi connectivity index (χ2v) is 4.86. The first-order chi connectivity index (χ1) is 9.24. The molecule has 19 heavy (non-hydrogen) atoms. The van der Waals surface area contributed by atoms with E-state index in [0.717, 1.165) is 12.8 Å². The molecular formula is C16H24O3. The maximum Gasteiger partial charge on any atom is 0.505 e. The van der Waals surface area contributed by atoms with Crippen molar-refractivity contribution in [3.05, 3.63) is 35.9 Å². The number of carboxylic acid groups (broad SMARTS) is 1. The minimum absolute atomic E-state index is 0.280. The number of rotatable bonds is 9. The predicted octanol–water partition coefficient (Wildman–Crippen LogP) is 4.83. The Morgan fingerprint density at radius 1 is 1.16 bits per heavy atom. The third-order valence-corrected chi connectivity index (χ3v) is 3.37. The van der Waals surface area contributed by atoms with Crippen molar-refractivity contribution in [2.24, 2.45) is 0 Å². The van der Waals surface area contributed by atoms with Gasteiger partial charge in [-0.1, -0.05) is 62.9 Å². The summed E-state index contributed by atoms with van der Waals surface area (Å²) in [4.78, 5) is 10.4. The summed E-state index contributed by atoms with van der Waals surface area (Å²) in [6.45, 7) is 2.48. The fourth-order valence-electron chi connectivity index (χ4n) is 2.31. The summed E-state index contributed by atoms with van der Waals surface area (Å²) in [6.07, 6.45) is 5.64. The van der Waals surface area contributed by atoms with Crippen LogP contribution in [0.15, 0.2) is 30.3 Å². The van der Waals surface area contributed by atoms with Crippen LogP contribution in [0, 0.1) is 0 Å². The van der Waals surface area contributed by atoms with Crippen molar-refractivity contribution >= 4 is 6.16 Å². The Balaban J connectivity index is 2.45. The topological polar surface area (TPSA) is 46.5 Å². The Labute approximate surface area is 115 Å². The number of ether oxygens (including phenoxy) is 1. The number of benzene rings is 1. The summed E-state index contributed by atoms with van der Waals surface area (Å²) in [5, 5.41) is 8.52. The highest BCUT2D eigenvalue weighted by Crippen LogP contribution is 2.26. The normalized spacial score (nSPS) is 12.1. The van der Waals surface area contributed by atoms with Crippen LogP contribution < -0.4 is 0 Å². The maximum atomic E-state index is 10.4. The summed E-state index contributed by atoms with van der Waals surface area (Å²) < 4.78 is 4.64. The molecule has 1 atom stereocenters. The van der Waals surface area contributed by atoms with Gasteiger partial charge in [0, 0.05) is 0 Å². The van der Waals surface area contributed by atoms with Gasteiger partial charge in [0.25, 0.3) is 0 Å². The van der Waals surface area contributed by atoms with Crippen LogP contribution in [0.5, 0.6) is 0 Å². The molecular weight excluding hydrogens is 240 g/mol. The SMILES string of the molecule is CCCCCCC(CCOC(=O)O)c1ccccc1. The highest BCUT2D eigenvalue weighted by atomic mass is 16.7. The fraction of sp³-hybridized carbons (Fsp3) is 0.562. The lowest BCUT2D eigenvalue weighted by Crippen LogP contribution is -2.07. The van der Waals surface area contributed by atoms with Gasteiger partial charge in [0.15, 0.2) is 0 Å². The van der Waals surface area contributed by atoms with Gasteiger partial charge in [-0.25, -0.2) is 4.79 Å².